The van der Waals surface area contributed by atoms with Crippen LogP contribution < -0.4 is 0 Å². The van der Waals surface area contributed by atoms with Gasteiger partial charge in [-0.3, -0.25) is 5.10 Å². The Bertz CT molecular complexity index is 266. The maximum absolute atomic E-state index is 4.50. The third-order valence-electron chi connectivity index (χ3n) is 2.33. The third-order valence-corrected chi connectivity index (χ3v) is 3.49. The van der Waals surface area contributed by atoms with Crippen LogP contribution in [0.2, 0.25) is 0 Å². The number of H-pyrrole nitrogens is 1. The van der Waals surface area contributed by atoms with E-state index in [0.29, 0.717) is 5.92 Å². The van der Waals surface area contributed by atoms with Crippen molar-refractivity contribution in [2.45, 2.75) is 32.1 Å². The fourth-order valence-electron chi connectivity index (χ4n) is 1.58. The minimum absolute atomic E-state index is 0.604. The van der Waals surface area contributed by atoms with E-state index >= 15 is 0 Å². The Morgan fingerprint density at radius 1 is 1.62 bits per heavy atom. The van der Waals surface area contributed by atoms with Crippen LogP contribution in [0, 0.1) is 0 Å². The smallest absolute Gasteiger partial charge is 0.154 e. The van der Waals surface area contributed by atoms with E-state index in [0.717, 1.165) is 24.5 Å². The van der Waals surface area contributed by atoms with Crippen molar-refractivity contribution in [3.8, 4) is 0 Å². The van der Waals surface area contributed by atoms with Crippen molar-refractivity contribution in [1.82, 2.24) is 15.2 Å². The van der Waals surface area contributed by atoms with Crippen molar-refractivity contribution < 1.29 is 0 Å². The van der Waals surface area contributed by atoms with E-state index in [9.17, 15) is 0 Å². The second-order valence-corrected chi connectivity index (χ2v) is 4.60. The summed E-state index contributed by atoms with van der Waals surface area (Å²) in [6.07, 6.45) is 3.40. The molecule has 13 heavy (non-hydrogen) atoms. The van der Waals surface area contributed by atoms with Gasteiger partial charge in [-0.25, -0.2) is 4.98 Å². The Labute approximate surface area is 82.7 Å². The lowest BCUT2D eigenvalue weighted by Crippen LogP contribution is -1.98. The Hall–Kier alpha value is -0.510. The zero-order chi connectivity index (χ0) is 9.10. The molecule has 1 aliphatic heterocycles. The number of aromatic amines is 1. The van der Waals surface area contributed by atoms with Crippen LogP contribution in [0.5, 0.6) is 0 Å². The van der Waals surface area contributed by atoms with Crippen LogP contribution >= 0.6 is 11.8 Å². The van der Waals surface area contributed by atoms with Gasteiger partial charge in [0.05, 0.1) is 0 Å². The lowest BCUT2D eigenvalue weighted by Gasteiger charge is -1.99. The molecule has 1 atom stereocenters. The predicted molar refractivity (Wildman–Crippen MR) is 55.1 cm³/mol. The van der Waals surface area contributed by atoms with E-state index in [2.05, 4.69) is 22.1 Å². The van der Waals surface area contributed by atoms with Crippen molar-refractivity contribution in [1.29, 1.82) is 0 Å². The van der Waals surface area contributed by atoms with Crippen molar-refractivity contribution in [2.24, 2.45) is 0 Å². The first-order chi connectivity index (χ1) is 6.40. The van der Waals surface area contributed by atoms with Gasteiger partial charge in [-0.1, -0.05) is 6.92 Å². The van der Waals surface area contributed by atoms with Gasteiger partial charge in [-0.15, -0.1) is 0 Å². The molecule has 0 amide bonds. The van der Waals surface area contributed by atoms with Crippen molar-refractivity contribution in [2.75, 3.05) is 11.5 Å². The highest BCUT2D eigenvalue weighted by atomic mass is 32.2. The summed E-state index contributed by atoms with van der Waals surface area (Å²) in [5.74, 6) is 5.15. The highest BCUT2D eigenvalue weighted by Gasteiger charge is 2.21. The summed E-state index contributed by atoms with van der Waals surface area (Å²) in [6.45, 7) is 2.16. The number of rotatable bonds is 3. The van der Waals surface area contributed by atoms with Crippen LogP contribution in [-0.4, -0.2) is 26.7 Å². The molecule has 3 nitrogen and oxygen atoms in total. The number of aromatic nitrogens is 3. The molecule has 1 aromatic heterocycles. The van der Waals surface area contributed by atoms with Crippen LogP contribution in [0.4, 0.5) is 0 Å². The molecule has 0 bridgehead atoms. The van der Waals surface area contributed by atoms with Crippen LogP contribution in [0.1, 0.15) is 37.3 Å². The van der Waals surface area contributed by atoms with Crippen molar-refractivity contribution in [3.05, 3.63) is 11.6 Å². The Balaban J connectivity index is 2.03. The summed E-state index contributed by atoms with van der Waals surface area (Å²) >= 11 is 2.01. The average Bonchev–Trinajstić information content (AvgIpc) is 2.70. The zero-order valence-corrected chi connectivity index (χ0v) is 8.73. The van der Waals surface area contributed by atoms with E-state index in [1.807, 2.05) is 11.8 Å². The van der Waals surface area contributed by atoms with Gasteiger partial charge in [0.25, 0.3) is 0 Å². The van der Waals surface area contributed by atoms with E-state index in [1.54, 1.807) is 0 Å². The van der Waals surface area contributed by atoms with E-state index < -0.39 is 0 Å². The number of hydrogen-bond donors (Lipinski definition) is 1. The van der Waals surface area contributed by atoms with Gasteiger partial charge in [0.1, 0.15) is 5.82 Å². The van der Waals surface area contributed by atoms with Gasteiger partial charge in [-0.2, -0.15) is 16.9 Å². The molecule has 1 aromatic rings. The van der Waals surface area contributed by atoms with Crippen LogP contribution in [0.3, 0.4) is 0 Å². The number of nitrogens with one attached hydrogen (secondary N) is 1. The van der Waals surface area contributed by atoms with Gasteiger partial charge in [0, 0.05) is 18.1 Å². The first kappa shape index (κ1) is 9.06. The van der Waals surface area contributed by atoms with Gasteiger partial charge >= 0.3 is 0 Å². The van der Waals surface area contributed by atoms with E-state index in [1.165, 1.54) is 17.9 Å². The molecule has 1 saturated heterocycles. The number of thioether (sulfide) groups is 1. The number of aryl methyl sites for hydroxylation is 1. The van der Waals surface area contributed by atoms with Gasteiger partial charge in [-0.05, 0) is 18.6 Å². The molecule has 1 N–H and O–H groups in total. The SMILES string of the molecule is CCCc1nc(C2CCSC2)n[nH]1. The number of nitrogens with zero attached hydrogens (tertiary/aromatic N) is 2. The van der Waals surface area contributed by atoms with Crippen LogP contribution in [0.15, 0.2) is 0 Å². The summed E-state index contributed by atoms with van der Waals surface area (Å²) < 4.78 is 0. The molecular weight excluding hydrogens is 182 g/mol. The summed E-state index contributed by atoms with van der Waals surface area (Å²) in [4.78, 5) is 4.50. The molecule has 0 radical (unpaired) electrons. The highest BCUT2D eigenvalue weighted by molar-refractivity contribution is 7.99. The maximum Gasteiger partial charge on any atom is 0.154 e. The third kappa shape index (κ3) is 2.05. The summed E-state index contributed by atoms with van der Waals surface area (Å²) in [7, 11) is 0. The lowest BCUT2D eigenvalue weighted by atomic mass is 10.1. The minimum atomic E-state index is 0.604. The van der Waals surface area contributed by atoms with E-state index in [4.69, 9.17) is 0 Å². The molecule has 2 heterocycles. The highest BCUT2D eigenvalue weighted by Crippen LogP contribution is 2.30. The quantitative estimate of drug-likeness (QED) is 0.805. The molecule has 2 rings (SSSR count). The van der Waals surface area contributed by atoms with Gasteiger partial charge in [0.15, 0.2) is 5.82 Å². The fraction of sp³-hybridized carbons (Fsp3) is 0.778. The first-order valence-electron chi connectivity index (χ1n) is 4.89. The molecule has 4 heteroatoms. The van der Waals surface area contributed by atoms with Crippen molar-refractivity contribution >= 4 is 11.8 Å². The molecule has 0 aromatic carbocycles. The van der Waals surface area contributed by atoms with Crippen molar-refractivity contribution in [3.63, 3.8) is 0 Å². The topological polar surface area (TPSA) is 41.6 Å². The summed E-state index contributed by atoms with van der Waals surface area (Å²) in [5, 5.41) is 7.28. The maximum atomic E-state index is 4.50. The normalized spacial score (nSPS) is 22.4. The second kappa shape index (κ2) is 4.13. The summed E-state index contributed by atoms with van der Waals surface area (Å²) in [5.41, 5.74) is 0. The standard InChI is InChI=1S/C9H15N3S/c1-2-3-8-10-9(12-11-8)7-4-5-13-6-7/h7H,2-6H2,1H3,(H,10,11,12). The van der Waals surface area contributed by atoms with Crippen LogP contribution in [0.25, 0.3) is 0 Å². The minimum Gasteiger partial charge on any atom is -0.263 e. The molecule has 0 spiro atoms. The molecule has 72 valence electrons. The fourth-order valence-corrected chi connectivity index (χ4v) is 2.80. The lowest BCUT2D eigenvalue weighted by molar-refractivity contribution is 0.720. The first-order valence-corrected chi connectivity index (χ1v) is 6.04. The molecule has 0 aliphatic carbocycles. The molecular formula is C9H15N3S. The second-order valence-electron chi connectivity index (χ2n) is 3.45. The molecule has 0 saturated carbocycles. The average molecular weight is 197 g/mol. The molecule has 1 unspecified atom stereocenters. The van der Waals surface area contributed by atoms with E-state index in [-0.39, 0.29) is 0 Å². The largest absolute Gasteiger partial charge is 0.263 e. The Morgan fingerprint density at radius 3 is 3.23 bits per heavy atom. The monoisotopic (exact) mass is 197 g/mol. The van der Waals surface area contributed by atoms with Gasteiger partial charge in [0.2, 0.25) is 0 Å². The number of hydrogen-bond acceptors (Lipinski definition) is 3. The van der Waals surface area contributed by atoms with Crippen LogP contribution in [-0.2, 0) is 6.42 Å². The Morgan fingerprint density at radius 2 is 2.54 bits per heavy atom. The zero-order valence-electron chi connectivity index (χ0n) is 7.92. The molecule has 1 aliphatic rings. The summed E-state index contributed by atoms with van der Waals surface area (Å²) in [6, 6.07) is 0. The molecule has 1 fully saturated rings. The van der Waals surface area contributed by atoms with Gasteiger partial charge < -0.3 is 0 Å². The predicted octanol–water partition coefficient (Wildman–Crippen LogP) is 1.98. The Kier molecular flexibility index (Phi) is 2.88.